The molecule has 5 heteroatoms. The Bertz CT molecular complexity index is 650. The van der Waals surface area contributed by atoms with Gasteiger partial charge in [-0.25, -0.2) is 4.98 Å². The molecule has 0 aliphatic rings. The smallest absolute Gasteiger partial charge is 0.273 e. The van der Waals surface area contributed by atoms with E-state index in [2.05, 4.69) is 23.8 Å². The summed E-state index contributed by atoms with van der Waals surface area (Å²) >= 11 is 5.83. The van der Waals surface area contributed by atoms with Crippen LogP contribution in [0.5, 0.6) is 11.6 Å². The highest BCUT2D eigenvalue weighted by Crippen LogP contribution is 2.28. The van der Waals surface area contributed by atoms with Crippen LogP contribution < -0.4 is 10.3 Å². The monoisotopic (exact) mass is 278 g/mol. The Morgan fingerprint density at radius 1 is 1.37 bits per heavy atom. The fraction of sp³-hybridized carbons (Fsp3) is 0.286. The largest absolute Gasteiger partial charge is 0.437 e. The lowest BCUT2D eigenvalue weighted by Gasteiger charge is -2.12. The number of benzene rings is 1. The molecule has 0 amide bonds. The molecular weight excluding hydrogens is 264 g/mol. The lowest BCUT2D eigenvalue weighted by Crippen LogP contribution is -2.07. The molecule has 19 heavy (non-hydrogen) atoms. The lowest BCUT2D eigenvalue weighted by atomic mass is 9.98. The first kappa shape index (κ1) is 13.6. The SMILES string of the molecule is Cc1cc(Oc2nc[nH]c(=O)c2Cl)ccc1C(C)C. The van der Waals surface area contributed by atoms with Gasteiger partial charge < -0.3 is 9.72 Å². The molecule has 0 saturated heterocycles. The van der Waals surface area contributed by atoms with Crippen molar-refractivity contribution in [3.8, 4) is 11.6 Å². The van der Waals surface area contributed by atoms with E-state index in [0.717, 1.165) is 5.56 Å². The van der Waals surface area contributed by atoms with E-state index in [1.54, 1.807) is 0 Å². The molecule has 0 spiro atoms. The molecule has 4 nitrogen and oxygen atoms in total. The number of halogens is 1. The zero-order chi connectivity index (χ0) is 14.0. The van der Waals surface area contributed by atoms with Crippen molar-refractivity contribution in [2.75, 3.05) is 0 Å². The van der Waals surface area contributed by atoms with E-state index < -0.39 is 5.56 Å². The van der Waals surface area contributed by atoms with Gasteiger partial charge in [0.05, 0.1) is 6.33 Å². The van der Waals surface area contributed by atoms with Crippen molar-refractivity contribution in [2.45, 2.75) is 26.7 Å². The summed E-state index contributed by atoms with van der Waals surface area (Å²) < 4.78 is 5.54. The molecule has 0 radical (unpaired) electrons. The van der Waals surface area contributed by atoms with Gasteiger partial charge in [-0.3, -0.25) is 4.79 Å². The zero-order valence-electron chi connectivity index (χ0n) is 11.0. The van der Waals surface area contributed by atoms with Crippen molar-refractivity contribution in [3.05, 3.63) is 51.0 Å². The molecule has 0 fully saturated rings. The van der Waals surface area contributed by atoms with Crippen molar-refractivity contribution in [2.24, 2.45) is 0 Å². The Morgan fingerprint density at radius 3 is 2.74 bits per heavy atom. The van der Waals surface area contributed by atoms with E-state index in [-0.39, 0.29) is 10.9 Å². The second-order valence-corrected chi connectivity index (χ2v) is 5.00. The molecule has 100 valence electrons. The van der Waals surface area contributed by atoms with Crippen LogP contribution in [-0.4, -0.2) is 9.97 Å². The van der Waals surface area contributed by atoms with Crippen LogP contribution in [-0.2, 0) is 0 Å². The van der Waals surface area contributed by atoms with Crippen molar-refractivity contribution >= 4 is 11.6 Å². The average molecular weight is 279 g/mol. The fourth-order valence-electron chi connectivity index (χ4n) is 1.91. The van der Waals surface area contributed by atoms with Gasteiger partial charge in [-0.2, -0.15) is 0 Å². The normalized spacial score (nSPS) is 10.8. The third kappa shape index (κ3) is 2.96. The van der Waals surface area contributed by atoms with Gasteiger partial charge in [0.2, 0.25) is 5.88 Å². The second-order valence-electron chi connectivity index (χ2n) is 4.63. The first-order chi connectivity index (χ1) is 8.99. The number of rotatable bonds is 3. The summed E-state index contributed by atoms with van der Waals surface area (Å²) in [4.78, 5) is 17.6. The Balaban J connectivity index is 2.32. The number of nitrogens with one attached hydrogen (secondary N) is 1. The summed E-state index contributed by atoms with van der Waals surface area (Å²) in [6.07, 6.45) is 1.26. The molecule has 0 unspecified atom stereocenters. The van der Waals surface area contributed by atoms with Crippen LogP contribution in [0.1, 0.15) is 30.9 Å². The summed E-state index contributed by atoms with van der Waals surface area (Å²) in [7, 11) is 0. The standard InChI is InChI=1S/C14H15ClN2O2/c1-8(2)11-5-4-10(6-9(11)3)19-14-12(15)13(18)16-7-17-14/h4-8H,1-3H3,(H,16,17,18). The predicted molar refractivity (Wildman–Crippen MR) is 75.2 cm³/mol. The highest BCUT2D eigenvalue weighted by atomic mass is 35.5. The Hall–Kier alpha value is -1.81. The minimum atomic E-state index is -0.415. The fourth-order valence-corrected chi connectivity index (χ4v) is 2.05. The second kappa shape index (κ2) is 5.45. The summed E-state index contributed by atoms with van der Waals surface area (Å²) in [5.41, 5.74) is 1.98. The Labute approximate surface area is 116 Å². The topological polar surface area (TPSA) is 55.0 Å². The summed E-state index contributed by atoms with van der Waals surface area (Å²) in [5, 5.41) is -0.0481. The van der Waals surface area contributed by atoms with Crippen LogP contribution in [0.25, 0.3) is 0 Å². The summed E-state index contributed by atoms with van der Waals surface area (Å²) in [5.74, 6) is 1.18. The molecule has 0 bridgehead atoms. The molecule has 1 heterocycles. The van der Waals surface area contributed by atoms with Gasteiger partial charge in [-0.1, -0.05) is 31.5 Å². The molecule has 0 atom stereocenters. The van der Waals surface area contributed by atoms with Crippen molar-refractivity contribution in [3.63, 3.8) is 0 Å². The summed E-state index contributed by atoms with van der Waals surface area (Å²) in [6, 6.07) is 5.77. The highest BCUT2D eigenvalue weighted by Gasteiger charge is 2.10. The minimum Gasteiger partial charge on any atom is -0.437 e. The average Bonchev–Trinajstić information content (AvgIpc) is 2.34. The summed E-state index contributed by atoms with van der Waals surface area (Å²) in [6.45, 7) is 6.30. The molecule has 0 aliphatic heterocycles. The lowest BCUT2D eigenvalue weighted by molar-refractivity contribution is 0.460. The van der Waals surface area contributed by atoms with Gasteiger partial charge in [0.1, 0.15) is 5.75 Å². The van der Waals surface area contributed by atoms with E-state index in [1.165, 1.54) is 11.9 Å². The van der Waals surface area contributed by atoms with Gasteiger partial charge in [0.25, 0.3) is 5.56 Å². The van der Waals surface area contributed by atoms with Gasteiger partial charge in [-0.15, -0.1) is 0 Å². The van der Waals surface area contributed by atoms with Gasteiger partial charge in [0, 0.05) is 0 Å². The maximum atomic E-state index is 11.3. The van der Waals surface area contributed by atoms with E-state index >= 15 is 0 Å². The number of H-pyrrole nitrogens is 1. The minimum absolute atomic E-state index is 0.0481. The molecule has 2 aromatic rings. The number of hydrogen-bond donors (Lipinski definition) is 1. The van der Waals surface area contributed by atoms with E-state index in [0.29, 0.717) is 11.7 Å². The number of hydrogen-bond acceptors (Lipinski definition) is 3. The van der Waals surface area contributed by atoms with E-state index in [1.807, 2.05) is 25.1 Å². The first-order valence-electron chi connectivity index (χ1n) is 6.00. The van der Waals surface area contributed by atoms with E-state index in [9.17, 15) is 4.79 Å². The quantitative estimate of drug-likeness (QED) is 0.932. The molecule has 0 aliphatic carbocycles. The van der Waals surface area contributed by atoms with Crippen LogP contribution in [0.4, 0.5) is 0 Å². The van der Waals surface area contributed by atoms with Gasteiger partial charge in [-0.05, 0) is 36.1 Å². The van der Waals surface area contributed by atoms with Crippen LogP contribution in [0.2, 0.25) is 5.02 Å². The molecule has 2 rings (SSSR count). The Morgan fingerprint density at radius 2 is 2.11 bits per heavy atom. The van der Waals surface area contributed by atoms with Crippen LogP contribution in [0.3, 0.4) is 0 Å². The van der Waals surface area contributed by atoms with Crippen LogP contribution in [0.15, 0.2) is 29.3 Å². The van der Waals surface area contributed by atoms with Gasteiger partial charge >= 0.3 is 0 Å². The molecule has 1 aromatic heterocycles. The molecule has 1 N–H and O–H groups in total. The number of aryl methyl sites for hydroxylation is 1. The maximum Gasteiger partial charge on any atom is 0.273 e. The molecular formula is C14H15ClN2O2. The van der Waals surface area contributed by atoms with Crippen molar-refractivity contribution < 1.29 is 4.74 Å². The van der Waals surface area contributed by atoms with Crippen LogP contribution in [0, 0.1) is 6.92 Å². The molecule has 1 aromatic carbocycles. The highest BCUT2D eigenvalue weighted by molar-refractivity contribution is 6.31. The zero-order valence-corrected chi connectivity index (χ0v) is 11.8. The third-order valence-electron chi connectivity index (χ3n) is 2.84. The van der Waals surface area contributed by atoms with Gasteiger partial charge in [0.15, 0.2) is 5.02 Å². The van der Waals surface area contributed by atoms with Crippen LogP contribution >= 0.6 is 11.6 Å². The van der Waals surface area contributed by atoms with Crippen molar-refractivity contribution in [1.29, 1.82) is 0 Å². The van der Waals surface area contributed by atoms with Crippen molar-refractivity contribution in [1.82, 2.24) is 9.97 Å². The number of aromatic nitrogens is 2. The first-order valence-corrected chi connectivity index (χ1v) is 6.38. The Kier molecular flexibility index (Phi) is 3.90. The number of ether oxygens (including phenoxy) is 1. The maximum absolute atomic E-state index is 11.3. The number of nitrogens with zero attached hydrogens (tertiary/aromatic N) is 1. The van der Waals surface area contributed by atoms with E-state index in [4.69, 9.17) is 16.3 Å². The predicted octanol–water partition coefficient (Wildman–Crippen LogP) is 3.65. The number of aromatic amines is 1. The molecule has 0 saturated carbocycles. The third-order valence-corrected chi connectivity index (χ3v) is 3.18.